The van der Waals surface area contributed by atoms with E-state index in [4.69, 9.17) is 0 Å². The Bertz CT molecular complexity index is 354. The fourth-order valence-electron chi connectivity index (χ4n) is 3.34. The average molecular weight is 283 g/mol. The fourth-order valence-corrected chi connectivity index (χ4v) is 3.34. The highest BCUT2D eigenvalue weighted by molar-refractivity contribution is 5.85. The summed E-state index contributed by atoms with van der Waals surface area (Å²) in [6, 6.07) is 0.164. The molecule has 2 unspecified atom stereocenters. The molecule has 20 heavy (non-hydrogen) atoms. The molecule has 1 rings (SSSR count). The molecule has 1 saturated carbocycles. The lowest BCUT2D eigenvalue weighted by Gasteiger charge is -2.30. The summed E-state index contributed by atoms with van der Waals surface area (Å²) in [5.41, 5.74) is 0. The van der Waals surface area contributed by atoms with Gasteiger partial charge in [-0.25, -0.2) is 0 Å². The van der Waals surface area contributed by atoms with Gasteiger partial charge in [0, 0.05) is 13.1 Å². The summed E-state index contributed by atoms with van der Waals surface area (Å²) in [6.07, 6.45) is 3.28. The number of carbonyl (C=O) groups is 2. The quantitative estimate of drug-likeness (QED) is 0.815. The van der Waals surface area contributed by atoms with Crippen LogP contribution in [0.2, 0.25) is 0 Å². The maximum absolute atomic E-state index is 12.6. The van der Waals surface area contributed by atoms with E-state index >= 15 is 0 Å². The molecule has 4 nitrogen and oxygen atoms in total. The van der Waals surface area contributed by atoms with Gasteiger partial charge in [0.05, 0.1) is 11.8 Å². The molecule has 0 heterocycles. The molecule has 0 aromatic rings. The second-order valence-corrected chi connectivity index (χ2v) is 6.72. The van der Waals surface area contributed by atoms with E-state index in [1.807, 2.05) is 14.0 Å². The monoisotopic (exact) mass is 283 g/mol. The molecule has 0 bridgehead atoms. The van der Waals surface area contributed by atoms with E-state index in [0.717, 1.165) is 19.3 Å². The Kier molecular flexibility index (Phi) is 6.03. The van der Waals surface area contributed by atoms with Crippen molar-refractivity contribution in [2.45, 2.75) is 59.4 Å². The van der Waals surface area contributed by atoms with Gasteiger partial charge < -0.3 is 10.0 Å². The van der Waals surface area contributed by atoms with Crippen molar-refractivity contribution in [3.05, 3.63) is 0 Å². The zero-order valence-corrected chi connectivity index (χ0v) is 13.4. The van der Waals surface area contributed by atoms with Gasteiger partial charge >= 0.3 is 5.97 Å². The van der Waals surface area contributed by atoms with E-state index < -0.39 is 11.9 Å². The van der Waals surface area contributed by atoms with E-state index in [2.05, 4.69) is 20.8 Å². The smallest absolute Gasteiger partial charge is 0.307 e. The van der Waals surface area contributed by atoms with Gasteiger partial charge in [0.15, 0.2) is 0 Å². The predicted octanol–water partition coefficient (Wildman–Crippen LogP) is 3.02. The molecule has 0 radical (unpaired) electrons. The Labute approximate surface area is 122 Å². The van der Waals surface area contributed by atoms with E-state index in [1.165, 1.54) is 0 Å². The first-order chi connectivity index (χ1) is 9.27. The van der Waals surface area contributed by atoms with Crippen LogP contribution in [0.3, 0.4) is 0 Å². The first kappa shape index (κ1) is 17.0. The third kappa shape index (κ3) is 3.97. The first-order valence-electron chi connectivity index (χ1n) is 7.77. The standard InChI is InChI=1S/C16H29NO3/c1-6-12-8-13(14(9-12)16(19)20)15(18)17(5)11(4)7-10(2)3/h10-14H,6-9H2,1-5H3,(H,19,20)/t11?,12?,13-,14+/m0/s1. The SMILES string of the molecule is CCC1C[C@H](C(=O)N(C)C(C)CC(C)C)[C@H](C(=O)O)C1. The van der Waals surface area contributed by atoms with Gasteiger partial charge in [-0.05, 0) is 38.0 Å². The molecule has 1 N–H and O–H groups in total. The molecule has 0 aromatic heterocycles. The molecule has 116 valence electrons. The number of nitrogens with zero attached hydrogens (tertiary/aromatic N) is 1. The van der Waals surface area contributed by atoms with Crippen LogP contribution in [0.4, 0.5) is 0 Å². The maximum atomic E-state index is 12.6. The van der Waals surface area contributed by atoms with Gasteiger partial charge in [0.2, 0.25) is 5.91 Å². The van der Waals surface area contributed by atoms with Crippen molar-refractivity contribution in [3.8, 4) is 0 Å². The summed E-state index contributed by atoms with van der Waals surface area (Å²) in [6.45, 7) is 8.39. The molecule has 0 saturated heterocycles. The van der Waals surface area contributed by atoms with Gasteiger partial charge in [-0.3, -0.25) is 9.59 Å². The van der Waals surface area contributed by atoms with Crippen molar-refractivity contribution in [1.82, 2.24) is 4.90 Å². The van der Waals surface area contributed by atoms with E-state index in [-0.39, 0.29) is 17.9 Å². The Hall–Kier alpha value is -1.06. The van der Waals surface area contributed by atoms with Gasteiger partial charge in [0.25, 0.3) is 0 Å². The summed E-state index contributed by atoms with van der Waals surface area (Å²) in [5, 5.41) is 9.34. The van der Waals surface area contributed by atoms with Gasteiger partial charge in [-0.15, -0.1) is 0 Å². The van der Waals surface area contributed by atoms with Crippen molar-refractivity contribution in [2.24, 2.45) is 23.7 Å². The van der Waals surface area contributed by atoms with Crippen LogP contribution in [0.25, 0.3) is 0 Å². The molecule has 0 aromatic carbocycles. The molecular formula is C16H29NO3. The second kappa shape index (κ2) is 7.09. The molecule has 0 aliphatic heterocycles. The number of carbonyl (C=O) groups excluding carboxylic acids is 1. The zero-order valence-electron chi connectivity index (χ0n) is 13.4. The average Bonchev–Trinajstić information content (AvgIpc) is 2.80. The highest BCUT2D eigenvalue weighted by atomic mass is 16.4. The molecule has 4 heteroatoms. The maximum Gasteiger partial charge on any atom is 0.307 e. The Morgan fingerprint density at radius 3 is 2.20 bits per heavy atom. The van der Waals surface area contributed by atoms with Crippen molar-refractivity contribution in [1.29, 1.82) is 0 Å². The third-order valence-electron chi connectivity index (χ3n) is 4.69. The molecule has 1 aliphatic carbocycles. The fraction of sp³-hybridized carbons (Fsp3) is 0.875. The lowest BCUT2D eigenvalue weighted by atomic mass is 9.93. The highest BCUT2D eigenvalue weighted by Crippen LogP contribution is 2.39. The van der Waals surface area contributed by atoms with Crippen LogP contribution in [0, 0.1) is 23.7 Å². The van der Waals surface area contributed by atoms with Crippen molar-refractivity contribution >= 4 is 11.9 Å². The van der Waals surface area contributed by atoms with Crippen LogP contribution >= 0.6 is 0 Å². The van der Waals surface area contributed by atoms with Crippen molar-refractivity contribution in [3.63, 3.8) is 0 Å². The zero-order chi connectivity index (χ0) is 15.4. The van der Waals surface area contributed by atoms with Crippen LogP contribution in [-0.2, 0) is 9.59 Å². The lowest BCUT2D eigenvalue weighted by Crippen LogP contribution is -2.42. The number of amides is 1. The number of hydrogen-bond acceptors (Lipinski definition) is 2. The molecule has 4 atom stereocenters. The van der Waals surface area contributed by atoms with Crippen LogP contribution in [0.5, 0.6) is 0 Å². The summed E-state index contributed by atoms with van der Waals surface area (Å²) in [5.74, 6) is -0.731. The summed E-state index contributed by atoms with van der Waals surface area (Å²) in [4.78, 5) is 25.7. The first-order valence-corrected chi connectivity index (χ1v) is 7.77. The van der Waals surface area contributed by atoms with Crippen molar-refractivity contribution in [2.75, 3.05) is 7.05 Å². The van der Waals surface area contributed by atoms with Gasteiger partial charge in [-0.2, -0.15) is 0 Å². The Balaban J connectivity index is 2.75. The van der Waals surface area contributed by atoms with E-state index in [1.54, 1.807) is 4.90 Å². The van der Waals surface area contributed by atoms with Crippen molar-refractivity contribution < 1.29 is 14.7 Å². The second-order valence-electron chi connectivity index (χ2n) is 6.72. The number of hydrogen-bond donors (Lipinski definition) is 1. The minimum Gasteiger partial charge on any atom is -0.481 e. The Morgan fingerprint density at radius 2 is 1.75 bits per heavy atom. The Morgan fingerprint density at radius 1 is 1.20 bits per heavy atom. The molecule has 0 spiro atoms. The topological polar surface area (TPSA) is 57.6 Å². The summed E-state index contributed by atoms with van der Waals surface area (Å²) in [7, 11) is 1.81. The summed E-state index contributed by atoms with van der Waals surface area (Å²) >= 11 is 0. The molecule has 1 amide bonds. The van der Waals surface area contributed by atoms with Crippen LogP contribution in [0.1, 0.15) is 53.4 Å². The third-order valence-corrected chi connectivity index (χ3v) is 4.69. The lowest BCUT2D eigenvalue weighted by molar-refractivity contribution is -0.149. The number of rotatable bonds is 6. The molecule has 1 fully saturated rings. The highest BCUT2D eigenvalue weighted by Gasteiger charge is 2.43. The molecule has 1 aliphatic rings. The largest absolute Gasteiger partial charge is 0.481 e. The normalized spacial score (nSPS) is 27.6. The van der Waals surface area contributed by atoms with Gasteiger partial charge in [0.1, 0.15) is 0 Å². The number of carboxylic acids is 1. The van der Waals surface area contributed by atoms with E-state index in [9.17, 15) is 14.7 Å². The van der Waals surface area contributed by atoms with E-state index in [0.29, 0.717) is 18.3 Å². The van der Waals surface area contributed by atoms with Gasteiger partial charge in [-0.1, -0.05) is 27.2 Å². The van der Waals surface area contributed by atoms with Crippen LogP contribution in [-0.4, -0.2) is 35.0 Å². The number of aliphatic carboxylic acids is 1. The summed E-state index contributed by atoms with van der Waals surface area (Å²) < 4.78 is 0. The minimum atomic E-state index is -0.816. The van der Waals surface area contributed by atoms with Crippen LogP contribution < -0.4 is 0 Å². The minimum absolute atomic E-state index is 0.0153. The predicted molar refractivity (Wildman–Crippen MR) is 79.3 cm³/mol. The number of carboxylic acid groups (broad SMARTS) is 1. The van der Waals surface area contributed by atoms with Crippen LogP contribution in [0.15, 0.2) is 0 Å². The molecular weight excluding hydrogens is 254 g/mol.